The number of hydrogen-bond donors (Lipinski definition) is 1. The van der Waals surface area contributed by atoms with Crippen LogP contribution in [0.4, 0.5) is 5.69 Å². The zero-order valence-electron chi connectivity index (χ0n) is 10.0. The Morgan fingerprint density at radius 3 is 2.69 bits per heavy atom. The molecule has 4 heteroatoms. The van der Waals surface area contributed by atoms with E-state index in [1.807, 2.05) is 30.0 Å². The second-order valence-electron chi connectivity index (χ2n) is 3.91. The number of nitrogens with zero attached hydrogens (tertiary/aromatic N) is 1. The zero-order valence-corrected chi connectivity index (χ0v) is 11.6. The van der Waals surface area contributed by atoms with Crippen molar-refractivity contribution in [3.8, 4) is 0 Å². The maximum atomic E-state index is 6.24. The van der Waals surface area contributed by atoms with Crippen LogP contribution in [0.5, 0.6) is 0 Å². The lowest BCUT2D eigenvalue weighted by Crippen LogP contribution is -2.31. The van der Waals surface area contributed by atoms with Gasteiger partial charge in [-0.05, 0) is 30.9 Å². The summed E-state index contributed by atoms with van der Waals surface area (Å²) in [5.74, 6) is 1.09. The Morgan fingerprint density at radius 1 is 1.50 bits per heavy atom. The quantitative estimate of drug-likeness (QED) is 0.881. The minimum absolute atomic E-state index is 0.469. The molecule has 0 aliphatic rings. The number of hydrogen-bond acceptors (Lipinski definition) is 3. The van der Waals surface area contributed by atoms with Crippen molar-refractivity contribution in [3.63, 3.8) is 0 Å². The van der Waals surface area contributed by atoms with Crippen molar-refractivity contribution in [1.82, 2.24) is 0 Å². The van der Waals surface area contributed by atoms with Crippen LogP contribution in [-0.2, 0) is 6.54 Å². The largest absolute Gasteiger partial charge is 0.370 e. The molecule has 16 heavy (non-hydrogen) atoms. The fourth-order valence-electron chi connectivity index (χ4n) is 1.55. The molecule has 0 aliphatic heterocycles. The third-order valence-electron chi connectivity index (χ3n) is 2.70. The van der Waals surface area contributed by atoms with Gasteiger partial charge in [-0.2, -0.15) is 11.8 Å². The highest BCUT2D eigenvalue weighted by Gasteiger charge is 2.12. The van der Waals surface area contributed by atoms with Crippen LogP contribution in [0, 0.1) is 0 Å². The topological polar surface area (TPSA) is 29.3 Å². The summed E-state index contributed by atoms with van der Waals surface area (Å²) in [6.45, 7) is 2.73. The van der Waals surface area contributed by atoms with Gasteiger partial charge in [0.15, 0.2) is 0 Å². The third kappa shape index (κ3) is 3.30. The summed E-state index contributed by atoms with van der Waals surface area (Å²) in [5.41, 5.74) is 7.72. The molecule has 1 unspecified atom stereocenters. The van der Waals surface area contributed by atoms with Gasteiger partial charge < -0.3 is 10.6 Å². The van der Waals surface area contributed by atoms with Gasteiger partial charge in [0, 0.05) is 25.4 Å². The Morgan fingerprint density at radius 2 is 2.19 bits per heavy atom. The average Bonchev–Trinajstić information content (AvgIpc) is 2.28. The van der Waals surface area contributed by atoms with Crippen molar-refractivity contribution < 1.29 is 0 Å². The van der Waals surface area contributed by atoms with Crippen molar-refractivity contribution in [2.75, 3.05) is 24.0 Å². The number of anilines is 1. The molecular weight excluding hydrogens is 240 g/mol. The van der Waals surface area contributed by atoms with E-state index in [1.54, 1.807) is 0 Å². The van der Waals surface area contributed by atoms with E-state index in [0.29, 0.717) is 12.6 Å². The van der Waals surface area contributed by atoms with Gasteiger partial charge in [0.1, 0.15) is 0 Å². The molecule has 1 rings (SSSR count). The molecule has 0 amide bonds. The SMILES string of the molecule is CSCC(C)N(C)c1ccc(CN)cc1Cl. The Labute approximate surface area is 107 Å². The first-order chi connectivity index (χ1) is 7.60. The summed E-state index contributed by atoms with van der Waals surface area (Å²) in [6.07, 6.45) is 2.11. The summed E-state index contributed by atoms with van der Waals surface area (Å²) in [5, 5.41) is 0.776. The Kier molecular flexibility index (Phi) is 5.46. The summed E-state index contributed by atoms with van der Waals surface area (Å²) in [7, 11) is 2.07. The highest BCUT2D eigenvalue weighted by molar-refractivity contribution is 7.98. The summed E-state index contributed by atoms with van der Waals surface area (Å²) < 4.78 is 0. The van der Waals surface area contributed by atoms with E-state index in [9.17, 15) is 0 Å². The van der Waals surface area contributed by atoms with Crippen LogP contribution in [0.15, 0.2) is 18.2 Å². The van der Waals surface area contributed by atoms with E-state index in [2.05, 4.69) is 25.1 Å². The van der Waals surface area contributed by atoms with Crippen molar-refractivity contribution in [2.24, 2.45) is 5.73 Å². The first kappa shape index (κ1) is 13.7. The molecule has 0 saturated heterocycles. The van der Waals surface area contributed by atoms with Crippen molar-refractivity contribution in [2.45, 2.75) is 19.5 Å². The van der Waals surface area contributed by atoms with Crippen molar-refractivity contribution in [3.05, 3.63) is 28.8 Å². The second-order valence-corrected chi connectivity index (χ2v) is 5.22. The lowest BCUT2D eigenvalue weighted by Gasteiger charge is -2.27. The molecule has 1 atom stereocenters. The monoisotopic (exact) mass is 258 g/mol. The molecule has 0 saturated carbocycles. The lowest BCUT2D eigenvalue weighted by molar-refractivity contribution is 0.765. The maximum absolute atomic E-state index is 6.24. The highest BCUT2D eigenvalue weighted by atomic mass is 35.5. The van der Waals surface area contributed by atoms with Crippen LogP contribution in [0.1, 0.15) is 12.5 Å². The van der Waals surface area contributed by atoms with Gasteiger partial charge in [0.25, 0.3) is 0 Å². The van der Waals surface area contributed by atoms with Crippen LogP contribution in [0.25, 0.3) is 0 Å². The first-order valence-electron chi connectivity index (χ1n) is 5.30. The molecule has 0 bridgehead atoms. The van der Waals surface area contributed by atoms with Gasteiger partial charge in [0.05, 0.1) is 10.7 Å². The van der Waals surface area contributed by atoms with E-state index < -0.39 is 0 Å². The number of nitrogens with two attached hydrogens (primary N) is 1. The zero-order chi connectivity index (χ0) is 12.1. The average molecular weight is 259 g/mol. The Bertz CT molecular complexity index is 344. The molecule has 2 nitrogen and oxygen atoms in total. The number of halogens is 1. The third-order valence-corrected chi connectivity index (χ3v) is 3.82. The fraction of sp³-hybridized carbons (Fsp3) is 0.500. The van der Waals surface area contributed by atoms with Gasteiger partial charge in [-0.3, -0.25) is 0 Å². The summed E-state index contributed by atoms with van der Waals surface area (Å²) in [4.78, 5) is 2.21. The smallest absolute Gasteiger partial charge is 0.0642 e. The van der Waals surface area contributed by atoms with E-state index in [4.69, 9.17) is 17.3 Å². The van der Waals surface area contributed by atoms with Gasteiger partial charge >= 0.3 is 0 Å². The normalized spacial score (nSPS) is 12.6. The number of thioether (sulfide) groups is 1. The Balaban J connectivity index is 2.87. The minimum atomic E-state index is 0.469. The molecule has 0 aromatic heterocycles. The molecule has 1 aromatic carbocycles. The van der Waals surface area contributed by atoms with E-state index in [-0.39, 0.29) is 0 Å². The van der Waals surface area contributed by atoms with Crippen LogP contribution < -0.4 is 10.6 Å². The summed E-state index contributed by atoms with van der Waals surface area (Å²) >= 11 is 8.08. The van der Waals surface area contributed by atoms with Crippen LogP contribution in [0.2, 0.25) is 5.02 Å². The Hall–Kier alpha value is -0.380. The maximum Gasteiger partial charge on any atom is 0.0642 e. The minimum Gasteiger partial charge on any atom is -0.370 e. The lowest BCUT2D eigenvalue weighted by atomic mass is 10.2. The van der Waals surface area contributed by atoms with Crippen molar-refractivity contribution in [1.29, 1.82) is 0 Å². The predicted molar refractivity (Wildman–Crippen MR) is 75.6 cm³/mol. The van der Waals surface area contributed by atoms with Crippen molar-refractivity contribution >= 4 is 29.1 Å². The fourth-order valence-corrected chi connectivity index (χ4v) is 2.60. The predicted octanol–water partition coefficient (Wildman–Crippen LogP) is 2.99. The van der Waals surface area contributed by atoms with E-state index in [0.717, 1.165) is 22.0 Å². The van der Waals surface area contributed by atoms with Gasteiger partial charge in [-0.15, -0.1) is 0 Å². The van der Waals surface area contributed by atoms with Gasteiger partial charge in [-0.1, -0.05) is 17.7 Å². The first-order valence-corrected chi connectivity index (χ1v) is 7.07. The highest BCUT2D eigenvalue weighted by Crippen LogP contribution is 2.27. The molecule has 0 fully saturated rings. The number of rotatable bonds is 5. The molecule has 2 N–H and O–H groups in total. The molecule has 1 aromatic rings. The molecular formula is C12H19ClN2S. The molecule has 0 spiro atoms. The summed E-state index contributed by atoms with van der Waals surface area (Å²) in [6, 6.07) is 6.49. The van der Waals surface area contributed by atoms with Gasteiger partial charge in [0.2, 0.25) is 0 Å². The van der Waals surface area contributed by atoms with E-state index in [1.165, 1.54) is 0 Å². The molecule has 0 radical (unpaired) electrons. The van der Waals surface area contributed by atoms with E-state index >= 15 is 0 Å². The van der Waals surface area contributed by atoms with Gasteiger partial charge in [-0.25, -0.2) is 0 Å². The van der Waals surface area contributed by atoms with Crippen LogP contribution in [-0.4, -0.2) is 25.1 Å². The second kappa shape index (κ2) is 6.38. The van der Waals surface area contributed by atoms with Crippen LogP contribution in [0.3, 0.4) is 0 Å². The standard InChI is InChI=1S/C12H19ClN2S/c1-9(8-16-3)15(2)12-5-4-10(7-14)6-11(12)13/h4-6,9H,7-8,14H2,1-3H3. The number of benzene rings is 1. The molecule has 0 aliphatic carbocycles. The molecule has 90 valence electrons. The van der Waals surface area contributed by atoms with Crippen LogP contribution >= 0.6 is 23.4 Å². The molecule has 0 heterocycles.